The maximum absolute atomic E-state index is 13.0. The predicted molar refractivity (Wildman–Crippen MR) is 72.5 cm³/mol. The van der Waals surface area contributed by atoms with Gasteiger partial charge in [0.1, 0.15) is 17.6 Å². The lowest BCUT2D eigenvalue weighted by atomic mass is 10.2. The Labute approximate surface area is 121 Å². The number of ether oxygens (including phenoxy) is 2. The summed E-state index contributed by atoms with van der Waals surface area (Å²) < 4.78 is 23.1. The minimum absolute atomic E-state index is 0.143. The zero-order valence-corrected chi connectivity index (χ0v) is 11.8. The highest BCUT2D eigenvalue weighted by atomic mass is 19.1. The maximum atomic E-state index is 13.0. The number of aliphatic carboxylic acids is 1. The number of methoxy groups -OCH3 is 1. The van der Waals surface area contributed by atoms with Crippen LogP contribution in [-0.4, -0.2) is 42.8 Å². The van der Waals surface area contributed by atoms with Crippen LogP contribution in [0.3, 0.4) is 0 Å². The minimum Gasteiger partial charge on any atom is -0.481 e. The Morgan fingerprint density at radius 2 is 2.14 bits per heavy atom. The van der Waals surface area contributed by atoms with Gasteiger partial charge in [0.2, 0.25) is 0 Å². The van der Waals surface area contributed by atoms with Gasteiger partial charge in [-0.15, -0.1) is 0 Å². The van der Waals surface area contributed by atoms with Crippen molar-refractivity contribution < 1.29 is 28.6 Å². The van der Waals surface area contributed by atoms with Crippen molar-refractivity contribution >= 4 is 11.9 Å². The molecular weight excluding hydrogens is 281 g/mol. The molecule has 6 nitrogen and oxygen atoms in total. The Hall–Kier alpha value is -2.15. The van der Waals surface area contributed by atoms with Gasteiger partial charge < -0.3 is 19.9 Å². The van der Waals surface area contributed by atoms with Crippen molar-refractivity contribution in [2.24, 2.45) is 0 Å². The number of halogens is 1. The van der Waals surface area contributed by atoms with Gasteiger partial charge in [-0.05, 0) is 19.1 Å². The highest BCUT2D eigenvalue weighted by Gasteiger charge is 2.23. The number of carboxylic acids is 1. The monoisotopic (exact) mass is 299 g/mol. The summed E-state index contributed by atoms with van der Waals surface area (Å²) in [6.45, 7) is 1.66. The molecule has 0 radical (unpaired) electrons. The molecule has 7 heteroatoms. The van der Waals surface area contributed by atoms with Crippen molar-refractivity contribution in [3.63, 3.8) is 0 Å². The Morgan fingerprint density at radius 3 is 2.71 bits per heavy atom. The summed E-state index contributed by atoms with van der Waals surface area (Å²) in [7, 11) is 1.44. The lowest BCUT2D eigenvalue weighted by Gasteiger charge is -2.18. The van der Waals surface area contributed by atoms with E-state index in [4.69, 9.17) is 14.6 Å². The molecule has 0 heterocycles. The minimum atomic E-state index is -1.15. The number of amides is 1. The van der Waals surface area contributed by atoms with Gasteiger partial charge in [0.05, 0.1) is 0 Å². The molecular formula is C14H18FNO5. The summed E-state index contributed by atoms with van der Waals surface area (Å²) in [5, 5.41) is 11.3. The van der Waals surface area contributed by atoms with Crippen molar-refractivity contribution in [1.82, 2.24) is 5.32 Å². The third-order valence-corrected chi connectivity index (χ3v) is 2.70. The second-order valence-electron chi connectivity index (χ2n) is 4.40. The molecule has 2 atom stereocenters. The Morgan fingerprint density at radius 1 is 1.43 bits per heavy atom. The Kier molecular flexibility index (Phi) is 6.61. The van der Waals surface area contributed by atoms with E-state index in [1.807, 2.05) is 0 Å². The lowest BCUT2D eigenvalue weighted by Crippen LogP contribution is -2.46. The number of carboxylic acid groups (broad SMARTS) is 1. The van der Waals surface area contributed by atoms with Crippen molar-refractivity contribution in [2.45, 2.75) is 25.5 Å². The average Bonchev–Trinajstić information content (AvgIpc) is 2.42. The first-order chi connectivity index (χ1) is 9.93. The molecule has 0 aliphatic heterocycles. The fraction of sp³-hybridized carbons (Fsp3) is 0.429. The molecule has 1 aromatic carbocycles. The third kappa shape index (κ3) is 5.78. The Balaban J connectivity index is 2.58. The molecule has 0 bridgehead atoms. The number of rotatable bonds is 8. The van der Waals surface area contributed by atoms with Gasteiger partial charge >= 0.3 is 5.97 Å². The molecule has 0 aromatic heterocycles. The van der Waals surface area contributed by atoms with Gasteiger partial charge in [-0.25, -0.2) is 9.18 Å². The van der Waals surface area contributed by atoms with Gasteiger partial charge in [-0.1, -0.05) is 6.07 Å². The van der Waals surface area contributed by atoms with Crippen LogP contribution in [0, 0.1) is 5.82 Å². The fourth-order valence-electron chi connectivity index (χ4n) is 1.58. The molecule has 0 saturated carbocycles. The molecule has 0 saturated heterocycles. The van der Waals surface area contributed by atoms with E-state index in [1.54, 1.807) is 0 Å². The van der Waals surface area contributed by atoms with E-state index < -0.39 is 29.8 Å². The quantitative estimate of drug-likeness (QED) is 0.753. The van der Waals surface area contributed by atoms with Crippen molar-refractivity contribution in [3.05, 3.63) is 30.1 Å². The molecule has 116 valence electrons. The SMILES string of the molecule is COCCC(NC(=O)C(C)Oc1cccc(F)c1)C(=O)O. The standard InChI is InChI=1S/C14H18FNO5/c1-9(21-11-5-3-4-10(15)8-11)13(17)16-12(14(18)19)6-7-20-2/h3-5,8-9,12H,6-7H2,1-2H3,(H,16,17)(H,18,19). The summed E-state index contributed by atoms with van der Waals surface area (Å²) in [6, 6.07) is 4.29. The predicted octanol–water partition coefficient (Wildman–Crippen LogP) is 1.20. The van der Waals surface area contributed by atoms with E-state index in [-0.39, 0.29) is 18.8 Å². The van der Waals surface area contributed by atoms with Crippen LogP contribution in [0.2, 0.25) is 0 Å². The molecule has 21 heavy (non-hydrogen) atoms. The van der Waals surface area contributed by atoms with Crippen LogP contribution >= 0.6 is 0 Å². The van der Waals surface area contributed by atoms with Gasteiger partial charge in [-0.3, -0.25) is 4.79 Å². The second kappa shape index (κ2) is 8.21. The topological polar surface area (TPSA) is 84.9 Å². The molecule has 2 unspecified atom stereocenters. The summed E-state index contributed by atoms with van der Waals surface area (Å²) in [5.74, 6) is -2.04. The zero-order valence-electron chi connectivity index (χ0n) is 11.8. The number of carbonyl (C=O) groups excluding carboxylic acids is 1. The summed E-state index contributed by atoms with van der Waals surface area (Å²) in [6.07, 6.45) is -0.805. The number of benzene rings is 1. The van der Waals surface area contributed by atoms with Crippen LogP contribution in [-0.2, 0) is 14.3 Å². The van der Waals surface area contributed by atoms with E-state index in [0.717, 1.165) is 6.07 Å². The lowest BCUT2D eigenvalue weighted by molar-refractivity contribution is -0.143. The highest BCUT2D eigenvalue weighted by Crippen LogP contribution is 2.13. The molecule has 0 aliphatic carbocycles. The van der Waals surface area contributed by atoms with E-state index in [0.29, 0.717) is 0 Å². The largest absolute Gasteiger partial charge is 0.481 e. The molecule has 2 N–H and O–H groups in total. The third-order valence-electron chi connectivity index (χ3n) is 2.70. The second-order valence-corrected chi connectivity index (χ2v) is 4.40. The molecule has 1 rings (SSSR count). The van der Waals surface area contributed by atoms with Crippen LogP contribution in [0.5, 0.6) is 5.75 Å². The number of nitrogens with one attached hydrogen (secondary N) is 1. The van der Waals surface area contributed by atoms with Crippen LogP contribution in [0.15, 0.2) is 24.3 Å². The molecule has 0 fully saturated rings. The molecule has 1 amide bonds. The molecule has 0 aliphatic rings. The van der Waals surface area contributed by atoms with E-state index >= 15 is 0 Å². The van der Waals surface area contributed by atoms with Crippen LogP contribution < -0.4 is 10.1 Å². The molecule has 1 aromatic rings. The van der Waals surface area contributed by atoms with Crippen molar-refractivity contribution in [2.75, 3.05) is 13.7 Å². The summed E-state index contributed by atoms with van der Waals surface area (Å²) >= 11 is 0. The van der Waals surface area contributed by atoms with Crippen LogP contribution in [0.4, 0.5) is 4.39 Å². The number of carbonyl (C=O) groups is 2. The first-order valence-corrected chi connectivity index (χ1v) is 6.38. The van der Waals surface area contributed by atoms with E-state index in [9.17, 15) is 14.0 Å². The van der Waals surface area contributed by atoms with Gasteiger partial charge in [0, 0.05) is 26.2 Å². The zero-order chi connectivity index (χ0) is 15.8. The smallest absolute Gasteiger partial charge is 0.326 e. The number of hydrogen-bond acceptors (Lipinski definition) is 4. The molecule has 0 spiro atoms. The van der Waals surface area contributed by atoms with E-state index in [2.05, 4.69) is 5.32 Å². The average molecular weight is 299 g/mol. The van der Waals surface area contributed by atoms with Gasteiger partial charge in [0.25, 0.3) is 5.91 Å². The van der Waals surface area contributed by atoms with Gasteiger partial charge in [0.15, 0.2) is 6.10 Å². The maximum Gasteiger partial charge on any atom is 0.326 e. The first kappa shape index (κ1) is 16.9. The van der Waals surface area contributed by atoms with E-state index in [1.165, 1.54) is 32.2 Å². The summed E-state index contributed by atoms with van der Waals surface area (Å²) in [4.78, 5) is 22.9. The summed E-state index contributed by atoms with van der Waals surface area (Å²) in [5.41, 5.74) is 0. The van der Waals surface area contributed by atoms with Crippen molar-refractivity contribution in [3.8, 4) is 5.75 Å². The normalized spacial score (nSPS) is 13.3. The highest BCUT2D eigenvalue weighted by molar-refractivity contribution is 5.86. The first-order valence-electron chi connectivity index (χ1n) is 6.38. The fourth-order valence-corrected chi connectivity index (χ4v) is 1.58. The number of hydrogen-bond donors (Lipinski definition) is 2. The van der Waals surface area contributed by atoms with Crippen LogP contribution in [0.1, 0.15) is 13.3 Å². The Bertz CT molecular complexity index is 494. The van der Waals surface area contributed by atoms with Gasteiger partial charge in [-0.2, -0.15) is 0 Å². The van der Waals surface area contributed by atoms with Crippen LogP contribution in [0.25, 0.3) is 0 Å². The van der Waals surface area contributed by atoms with Crippen molar-refractivity contribution in [1.29, 1.82) is 0 Å².